The molecule has 0 unspecified atom stereocenters. The van der Waals surface area contributed by atoms with Crippen molar-refractivity contribution in [1.29, 1.82) is 0 Å². The number of carbonyl (C=O) groups excluding carboxylic acids is 3. The molecule has 0 heterocycles. The van der Waals surface area contributed by atoms with E-state index in [1.165, 1.54) is 148 Å². The van der Waals surface area contributed by atoms with E-state index in [1.807, 2.05) is 0 Å². The molecule has 1 atom stereocenters. The average molecular weight is 789 g/mol. The molecule has 0 N–H and O–H groups in total. The van der Waals surface area contributed by atoms with Crippen LogP contribution in [0.2, 0.25) is 0 Å². The van der Waals surface area contributed by atoms with Gasteiger partial charge < -0.3 is 14.2 Å². The van der Waals surface area contributed by atoms with Gasteiger partial charge in [-0.15, -0.1) is 0 Å². The van der Waals surface area contributed by atoms with E-state index in [0.29, 0.717) is 19.3 Å². The fourth-order valence-corrected chi connectivity index (χ4v) is 7.00. The Kier molecular flexibility index (Phi) is 43.9. The molecule has 0 spiro atoms. The standard InChI is InChI=1S/C50H92O6/c1-4-7-10-13-16-19-21-23-24-25-26-27-29-31-34-37-40-43-49(52)55-46-47(45-54-48(51)42-39-36-33-30-18-15-12-9-6-3)56-50(53)44-41-38-35-32-28-22-20-17-14-11-8-5-2/h16,19,23-24,47H,4-15,17-18,20-22,25-46H2,1-3H3/b19-16-,24-23-/t47-/m1/s1. The van der Waals surface area contributed by atoms with Crippen molar-refractivity contribution in [2.24, 2.45) is 0 Å². The Bertz CT molecular complexity index is 911. The Hall–Kier alpha value is -2.11. The van der Waals surface area contributed by atoms with Gasteiger partial charge in [0.05, 0.1) is 0 Å². The Morgan fingerprint density at radius 3 is 1.02 bits per heavy atom. The van der Waals surface area contributed by atoms with Gasteiger partial charge in [-0.1, -0.05) is 212 Å². The monoisotopic (exact) mass is 789 g/mol. The highest BCUT2D eigenvalue weighted by Crippen LogP contribution is 2.15. The molecule has 6 heteroatoms. The third-order valence-corrected chi connectivity index (χ3v) is 10.7. The van der Waals surface area contributed by atoms with Gasteiger partial charge >= 0.3 is 17.9 Å². The molecule has 0 radical (unpaired) electrons. The van der Waals surface area contributed by atoms with E-state index in [9.17, 15) is 14.4 Å². The number of allylic oxidation sites excluding steroid dienone is 4. The van der Waals surface area contributed by atoms with Crippen molar-refractivity contribution in [2.75, 3.05) is 13.2 Å². The molecule has 0 aliphatic carbocycles. The first-order chi connectivity index (χ1) is 27.5. The second-order valence-electron chi connectivity index (χ2n) is 16.4. The molecule has 0 amide bonds. The van der Waals surface area contributed by atoms with Crippen LogP contribution in [0, 0.1) is 0 Å². The number of esters is 3. The van der Waals surface area contributed by atoms with Gasteiger partial charge in [-0.25, -0.2) is 0 Å². The molecule has 0 saturated heterocycles. The van der Waals surface area contributed by atoms with Crippen molar-refractivity contribution in [3.8, 4) is 0 Å². The quantitative estimate of drug-likeness (QED) is 0.0265. The Morgan fingerprint density at radius 1 is 0.357 bits per heavy atom. The Morgan fingerprint density at radius 2 is 0.643 bits per heavy atom. The lowest BCUT2D eigenvalue weighted by Crippen LogP contribution is -2.30. The number of unbranched alkanes of at least 4 members (excludes halogenated alkanes) is 29. The maximum absolute atomic E-state index is 12.7. The molecule has 0 rings (SSSR count). The number of hydrogen-bond acceptors (Lipinski definition) is 6. The summed E-state index contributed by atoms with van der Waals surface area (Å²) in [5.74, 6) is -0.872. The first-order valence-electron chi connectivity index (χ1n) is 24.3. The van der Waals surface area contributed by atoms with Crippen molar-refractivity contribution in [3.05, 3.63) is 24.3 Å². The SMILES string of the molecule is CCCCC/C=C\C/C=C\CCCCCCCCCC(=O)OC[C@@H](COC(=O)CCCCCCCCCCC)OC(=O)CCCCCCCCCCCCCC. The van der Waals surface area contributed by atoms with Crippen molar-refractivity contribution >= 4 is 17.9 Å². The van der Waals surface area contributed by atoms with Crippen molar-refractivity contribution in [2.45, 2.75) is 264 Å². The summed E-state index contributed by atoms with van der Waals surface area (Å²) in [7, 11) is 0. The van der Waals surface area contributed by atoms with Crippen LogP contribution in [0.5, 0.6) is 0 Å². The maximum atomic E-state index is 12.7. The molecule has 0 bridgehead atoms. The van der Waals surface area contributed by atoms with Crippen molar-refractivity contribution < 1.29 is 28.6 Å². The zero-order chi connectivity index (χ0) is 40.8. The smallest absolute Gasteiger partial charge is 0.306 e. The number of ether oxygens (including phenoxy) is 3. The van der Waals surface area contributed by atoms with Gasteiger partial charge in [0.1, 0.15) is 13.2 Å². The average Bonchev–Trinajstić information content (AvgIpc) is 3.19. The fourth-order valence-electron chi connectivity index (χ4n) is 7.00. The van der Waals surface area contributed by atoms with Gasteiger partial charge in [0.2, 0.25) is 0 Å². The Balaban J connectivity index is 4.30. The highest BCUT2D eigenvalue weighted by atomic mass is 16.6. The van der Waals surface area contributed by atoms with Gasteiger partial charge in [0.15, 0.2) is 6.10 Å². The van der Waals surface area contributed by atoms with Crippen LogP contribution in [0.4, 0.5) is 0 Å². The molecule has 0 saturated carbocycles. The molecule has 0 aromatic rings. The Labute approximate surface area is 347 Å². The lowest BCUT2D eigenvalue weighted by Gasteiger charge is -2.18. The molecular weight excluding hydrogens is 697 g/mol. The second-order valence-corrected chi connectivity index (χ2v) is 16.4. The van der Waals surface area contributed by atoms with Gasteiger partial charge in [0, 0.05) is 19.3 Å². The summed E-state index contributed by atoms with van der Waals surface area (Å²) in [4.78, 5) is 37.8. The minimum Gasteiger partial charge on any atom is -0.462 e. The topological polar surface area (TPSA) is 78.9 Å². The predicted octanol–water partition coefficient (Wildman–Crippen LogP) is 15.6. The molecule has 0 aliphatic rings. The molecule has 0 aromatic heterocycles. The van der Waals surface area contributed by atoms with E-state index in [-0.39, 0.29) is 31.1 Å². The van der Waals surface area contributed by atoms with E-state index >= 15 is 0 Å². The van der Waals surface area contributed by atoms with Crippen LogP contribution >= 0.6 is 0 Å². The summed E-state index contributed by atoms with van der Waals surface area (Å²) in [5.41, 5.74) is 0. The third kappa shape index (κ3) is 43.0. The van der Waals surface area contributed by atoms with Crippen LogP contribution in [0.1, 0.15) is 258 Å². The molecule has 6 nitrogen and oxygen atoms in total. The highest BCUT2D eigenvalue weighted by Gasteiger charge is 2.19. The van der Waals surface area contributed by atoms with Crippen LogP contribution in [0.3, 0.4) is 0 Å². The number of hydrogen-bond donors (Lipinski definition) is 0. The molecule has 0 fully saturated rings. The largest absolute Gasteiger partial charge is 0.462 e. The molecule has 0 aliphatic heterocycles. The summed E-state index contributed by atoms with van der Waals surface area (Å²) in [6.45, 7) is 6.60. The normalized spacial score (nSPS) is 12.1. The highest BCUT2D eigenvalue weighted by molar-refractivity contribution is 5.71. The fraction of sp³-hybridized carbons (Fsp3) is 0.860. The number of carbonyl (C=O) groups is 3. The van der Waals surface area contributed by atoms with Gasteiger partial charge in [-0.3, -0.25) is 14.4 Å². The molecule has 0 aromatic carbocycles. The summed E-state index contributed by atoms with van der Waals surface area (Å²) in [6.07, 6.45) is 50.1. The van der Waals surface area contributed by atoms with E-state index < -0.39 is 6.10 Å². The zero-order valence-corrected chi connectivity index (χ0v) is 37.4. The first kappa shape index (κ1) is 53.9. The lowest BCUT2D eigenvalue weighted by atomic mass is 10.0. The molecular formula is C50H92O6. The predicted molar refractivity (Wildman–Crippen MR) is 238 cm³/mol. The van der Waals surface area contributed by atoms with E-state index in [4.69, 9.17) is 14.2 Å². The van der Waals surface area contributed by atoms with E-state index in [1.54, 1.807) is 0 Å². The van der Waals surface area contributed by atoms with Crippen LogP contribution in [-0.4, -0.2) is 37.2 Å². The van der Waals surface area contributed by atoms with Gasteiger partial charge in [0.25, 0.3) is 0 Å². The summed E-state index contributed by atoms with van der Waals surface area (Å²) < 4.78 is 16.7. The van der Waals surface area contributed by atoms with Crippen LogP contribution in [-0.2, 0) is 28.6 Å². The zero-order valence-electron chi connectivity index (χ0n) is 37.4. The van der Waals surface area contributed by atoms with Crippen molar-refractivity contribution in [3.63, 3.8) is 0 Å². The lowest BCUT2D eigenvalue weighted by molar-refractivity contribution is -0.167. The van der Waals surface area contributed by atoms with Gasteiger partial charge in [-0.2, -0.15) is 0 Å². The van der Waals surface area contributed by atoms with E-state index in [2.05, 4.69) is 45.1 Å². The summed E-state index contributed by atoms with van der Waals surface area (Å²) in [5, 5.41) is 0. The minimum absolute atomic E-state index is 0.0698. The molecule has 56 heavy (non-hydrogen) atoms. The van der Waals surface area contributed by atoms with Crippen LogP contribution in [0.25, 0.3) is 0 Å². The maximum Gasteiger partial charge on any atom is 0.306 e. The summed E-state index contributed by atoms with van der Waals surface area (Å²) in [6, 6.07) is 0. The summed E-state index contributed by atoms with van der Waals surface area (Å²) >= 11 is 0. The number of rotatable bonds is 44. The van der Waals surface area contributed by atoms with E-state index in [0.717, 1.165) is 70.6 Å². The van der Waals surface area contributed by atoms with Crippen LogP contribution in [0.15, 0.2) is 24.3 Å². The first-order valence-corrected chi connectivity index (χ1v) is 24.3. The third-order valence-electron chi connectivity index (χ3n) is 10.7. The van der Waals surface area contributed by atoms with Crippen LogP contribution < -0.4 is 0 Å². The second kappa shape index (κ2) is 45.6. The molecule has 328 valence electrons. The minimum atomic E-state index is -0.766. The van der Waals surface area contributed by atoms with Gasteiger partial charge in [-0.05, 0) is 51.4 Å². The van der Waals surface area contributed by atoms with Crippen molar-refractivity contribution in [1.82, 2.24) is 0 Å².